The molecule has 0 aliphatic rings. The second-order valence-corrected chi connectivity index (χ2v) is 5.28. The quantitative estimate of drug-likeness (QED) is 0.765. The molecule has 0 saturated carbocycles. The first-order valence-electron chi connectivity index (χ1n) is 7.15. The Hall–Kier alpha value is -1.91. The molecule has 0 atom stereocenters. The van der Waals surface area contributed by atoms with Crippen molar-refractivity contribution in [3.63, 3.8) is 0 Å². The van der Waals surface area contributed by atoms with Crippen LogP contribution in [0.25, 0.3) is 0 Å². The van der Waals surface area contributed by atoms with Crippen molar-refractivity contribution < 1.29 is 9.18 Å². The van der Waals surface area contributed by atoms with Crippen LogP contribution in [0.1, 0.15) is 12.0 Å². The van der Waals surface area contributed by atoms with E-state index in [4.69, 9.17) is 11.6 Å². The molecule has 2 rings (SSSR count). The fourth-order valence-corrected chi connectivity index (χ4v) is 2.21. The van der Waals surface area contributed by atoms with Crippen LogP contribution in [-0.4, -0.2) is 19.0 Å². The Bertz CT molecular complexity index is 634. The zero-order valence-corrected chi connectivity index (χ0v) is 12.9. The van der Waals surface area contributed by atoms with E-state index < -0.39 is 0 Å². The third-order valence-electron chi connectivity index (χ3n) is 3.21. The van der Waals surface area contributed by atoms with Crippen LogP contribution in [0.3, 0.4) is 0 Å². The van der Waals surface area contributed by atoms with Crippen LogP contribution in [-0.2, 0) is 11.2 Å². The van der Waals surface area contributed by atoms with Crippen LogP contribution in [0.15, 0.2) is 48.5 Å². The minimum atomic E-state index is -0.194. The summed E-state index contributed by atoms with van der Waals surface area (Å²) in [6.45, 7) is 1.16. The van der Waals surface area contributed by atoms with Gasteiger partial charge in [0.05, 0.1) is 10.7 Å². The van der Waals surface area contributed by atoms with Gasteiger partial charge in [-0.25, -0.2) is 4.39 Å². The molecule has 2 aromatic rings. The number of para-hydroxylation sites is 1. The number of halogens is 2. The highest BCUT2D eigenvalue weighted by atomic mass is 35.5. The average Bonchev–Trinajstić information content (AvgIpc) is 2.51. The van der Waals surface area contributed by atoms with E-state index >= 15 is 0 Å². The van der Waals surface area contributed by atoms with E-state index in [2.05, 4.69) is 10.6 Å². The van der Waals surface area contributed by atoms with E-state index in [0.29, 0.717) is 42.2 Å². The standard InChI is InChI=1S/C17H18ClFN2O/c18-14-6-2-4-8-16(14)21-17(22)10-12-20-11-9-13-5-1-3-7-15(13)19/h1-8,20H,9-12H2,(H,21,22). The fourth-order valence-electron chi connectivity index (χ4n) is 2.03. The first kappa shape index (κ1) is 16.5. The van der Waals surface area contributed by atoms with E-state index in [1.54, 1.807) is 24.3 Å². The predicted molar refractivity (Wildman–Crippen MR) is 87.7 cm³/mol. The first-order chi connectivity index (χ1) is 10.7. The summed E-state index contributed by atoms with van der Waals surface area (Å²) >= 11 is 5.97. The Morgan fingerprint density at radius 2 is 1.77 bits per heavy atom. The van der Waals surface area contributed by atoms with Crippen LogP contribution in [0.2, 0.25) is 5.02 Å². The van der Waals surface area contributed by atoms with Crippen LogP contribution in [0.4, 0.5) is 10.1 Å². The van der Waals surface area contributed by atoms with Gasteiger partial charge in [0.2, 0.25) is 5.91 Å². The smallest absolute Gasteiger partial charge is 0.225 e. The third kappa shape index (κ3) is 5.13. The number of hydrogen-bond acceptors (Lipinski definition) is 2. The number of amides is 1. The normalized spacial score (nSPS) is 10.5. The number of carbonyl (C=O) groups excluding carboxylic acids is 1. The number of carbonyl (C=O) groups is 1. The van der Waals surface area contributed by atoms with Gasteiger partial charge in [0.25, 0.3) is 0 Å². The second-order valence-electron chi connectivity index (χ2n) is 4.87. The predicted octanol–water partition coefficient (Wildman–Crippen LogP) is 3.64. The molecule has 0 aliphatic carbocycles. The summed E-state index contributed by atoms with van der Waals surface area (Å²) in [5.41, 5.74) is 1.29. The van der Waals surface area contributed by atoms with Crippen LogP contribution in [0, 0.1) is 5.82 Å². The molecular formula is C17H18ClFN2O. The lowest BCUT2D eigenvalue weighted by Crippen LogP contribution is -2.23. The van der Waals surface area contributed by atoms with Crippen molar-refractivity contribution in [1.82, 2.24) is 5.32 Å². The second kappa shape index (κ2) is 8.51. The molecule has 0 fully saturated rings. The van der Waals surface area contributed by atoms with Crippen molar-refractivity contribution in [3.05, 3.63) is 64.9 Å². The topological polar surface area (TPSA) is 41.1 Å². The summed E-state index contributed by atoms with van der Waals surface area (Å²) < 4.78 is 13.4. The zero-order chi connectivity index (χ0) is 15.8. The van der Waals surface area contributed by atoms with Gasteiger partial charge in [-0.1, -0.05) is 41.9 Å². The molecule has 0 radical (unpaired) electrons. The molecule has 22 heavy (non-hydrogen) atoms. The maximum Gasteiger partial charge on any atom is 0.225 e. The summed E-state index contributed by atoms with van der Waals surface area (Å²) in [7, 11) is 0. The Kier molecular flexibility index (Phi) is 6.37. The molecule has 3 nitrogen and oxygen atoms in total. The highest BCUT2D eigenvalue weighted by Crippen LogP contribution is 2.20. The number of rotatable bonds is 7. The van der Waals surface area contributed by atoms with Gasteiger partial charge in [-0.3, -0.25) is 4.79 Å². The molecule has 0 heterocycles. The Morgan fingerprint density at radius 3 is 2.55 bits per heavy atom. The summed E-state index contributed by atoms with van der Waals surface area (Å²) in [6, 6.07) is 13.8. The van der Waals surface area contributed by atoms with Gasteiger partial charge in [0, 0.05) is 13.0 Å². The van der Waals surface area contributed by atoms with Crippen molar-refractivity contribution in [3.8, 4) is 0 Å². The van der Waals surface area contributed by atoms with E-state index in [0.717, 1.165) is 0 Å². The molecule has 0 spiro atoms. The van der Waals surface area contributed by atoms with Crippen molar-refractivity contribution in [2.24, 2.45) is 0 Å². The molecule has 5 heteroatoms. The van der Waals surface area contributed by atoms with Crippen LogP contribution in [0.5, 0.6) is 0 Å². The summed E-state index contributed by atoms with van der Waals surface area (Å²) in [5.74, 6) is -0.299. The van der Waals surface area contributed by atoms with Gasteiger partial charge in [0.1, 0.15) is 5.82 Å². The summed E-state index contributed by atoms with van der Waals surface area (Å²) in [4.78, 5) is 11.8. The maximum atomic E-state index is 13.4. The molecule has 0 aromatic heterocycles. The molecule has 0 saturated heterocycles. The minimum Gasteiger partial charge on any atom is -0.325 e. The van der Waals surface area contributed by atoms with E-state index in [-0.39, 0.29) is 11.7 Å². The highest BCUT2D eigenvalue weighted by molar-refractivity contribution is 6.33. The Labute approximate surface area is 134 Å². The zero-order valence-electron chi connectivity index (χ0n) is 12.1. The van der Waals surface area contributed by atoms with Crippen molar-refractivity contribution >= 4 is 23.2 Å². The molecule has 0 aliphatic heterocycles. The van der Waals surface area contributed by atoms with Crippen LogP contribution >= 0.6 is 11.6 Å². The molecule has 1 amide bonds. The van der Waals surface area contributed by atoms with Crippen molar-refractivity contribution in [2.45, 2.75) is 12.8 Å². The molecule has 0 bridgehead atoms. The lowest BCUT2D eigenvalue weighted by Gasteiger charge is -2.08. The SMILES string of the molecule is O=C(CCNCCc1ccccc1F)Nc1ccccc1Cl. The molecule has 2 aromatic carbocycles. The summed E-state index contributed by atoms with van der Waals surface area (Å²) in [5, 5.41) is 6.41. The van der Waals surface area contributed by atoms with E-state index in [1.165, 1.54) is 6.07 Å². The van der Waals surface area contributed by atoms with Crippen molar-refractivity contribution in [1.29, 1.82) is 0 Å². The lowest BCUT2D eigenvalue weighted by molar-refractivity contribution is -0.116. The van der Waals surface area contributed by atoms with E-state index in [9.17, 15) is 9.18 Å². The van der Waals surface area contributed by atoms with Gasteiger partial charge in [-0.2, -0.15) is 0 Å². The number of hydrogen-bond donors (Lipinski definition) is 2. The molecular weight excluding hydrogens is 303 g/mol. The summed E-state index contributed by atoms with van der Waals surface area (Å²) in [6.07, 6.45) is 0.932. The monoisotopic (exact) mass is 320 g/mol. The van der Waals surface area contributed by atoms with Crippen molar-refractivity contribution in [2.75, 3.05) is 18.4 Å². The Morgan fingerprint density at radius 1 is 1.05 bits per heavy atom. The van der Waals surface area contributed by atoms with Gasteiger partial charge >= 0.3 is 0 Å². The van der Waals surface area contributed by atoms with Gasteiger partial charge in [-0.05, 0) is 36.7 Å². The number of nitrogens with one attached hydrogen (secondary N) is 2. The number of benzene rings is 2. The molecule has 0 unspecified atom stereocenters. The maximum absolute atomic E-state index is 13.4. The third-order valence-corrected chi connectivity index (χ3v) is 3.54. The minimum absolute atomic E-state index is 0.105. The van der Waals surface area contributed by atoms with Crippen LogP contribution < -0.4 is 10.6 Å². The van der Waals surface area contributed by atoms with Gasteiger partial charge in [-0.15, -0.1) is 0 Å². The van der Waals surface area contributed by atoms with Gasteiger partial charge in [0.15, 0.2) is 0 Å². The Balaban J connectivity index is 1.65. The average molecular weight is 321 g/mol. The highest BCUT2D eigenvalue weighted by Gasteiger charge is 2.05. The molecule has 116 valence electrons. The lowest BCUT2D eigenvalue weighted by atomic mass is 10.1. The van der Waals surface area contributed by atoms with E-state index in [1.807, 2.05) is 18.2 Å². The largest absolute Gasteiger partial charge is 0.325 e. The first-order valence-corrected chi connectivity index (χ1v) is 7.53. The number of anilines is 1. The molecule has 2 N–H and O–H groups in total. The fraction of sp³-hybridized carbons (Fsp3) is 0.235. The van der Waals surface area contributed by atoms with Gasteiger partial charge < -0.3 is 10.6 Å².